The summed E-state index contributed by atoms with van der Waals surface area (Å²) in [5.74, 6) is 0.484. The molecule has 1 aliphatic rings. The average molecular weight is 341 g/mol. The predicted octanol–water partition coefficient (Wildman–Crippen LogP) is 2.68. The van der Waals surface area contributed by atoms with Gasteiger partial charge in [0.15, 0.2) is 0 Å². The fourth-order valence-corrected chi connectivity index (χ4v) is 2.86. The standard InChI is InChI=1S/C19H23N3O3/c1-14(19(24)9-11-25-12-10-19)21-17-8-7-16(13-20-17)22-18(23)15-5-3-2-4-6-15/h2-8,13-14,24H,9-12H2,1H3,(H,20,21)(H,22,23). The van der Waals surface area contributed by atoms with Crippen molar-refractivity contribution in [3.8, 4) is 0 Å². The predicted molar refractivity (Wildman–Crippen MR) is 96.7 cm³/mol. The molecule has 6 nitrogen and oxygen atoms in total. The van der Waals surface area contributed by atoms with Crippen molar-refractivity contribution in [2.24, 2.45) is 0 Å². The lowest BCUT2D eigenvalue weighted by Gasteiger charge is -2.37. The number of ether oxygens (including phenoxy) is 1. The van der Waals surface area contributed by atoms with Crippen molar-refractivity contribution >= 4 is 17.4 Å². The van der Waals surface area contributed by atoms with Crippen LogP contribution < -0.4 is 10.6 Å². The number of carbonyl (C=O) groups is 1. The molecule has 0 spiro atoms. The molecule has 1 amide bonds. The van der Waals surface area contributed by atoms with Crippen LogP contribution in [0.3, 0.4) is 0 Å². The van der Waals surface area contributed by atoms with E-state index in [9.17, 15) is 9.90 Å². The summed E-state index contributed by atoms with van der Waals surface area (Å²) in [4.78, 5) is 16.4. The van der Waals surface area contributed by atoms with Crippen molar-refractivity contribution in [2.45, 2.75) is 31.4 Å². The molecular formula is C19H23N3O3. The molecule has 0 bridgehead atoms. The minimum atomic E-state index is -0.792. The Hall–Kier alpha value is -2.44. The number of aromatic nitrogens is 1. The molecule has 2 aromatic rings. The zero-order valence-electron chi connectivity index (χ0n) is 14.2. The lowest BCUT2D eigenvalue weighted by atomic mass is 9.87. The molecule has 132 valence electrons. The first-order chi connectivity index (χ1) is 12.1. The minimum Gasteiger partial charge on any atom is -0.388 e. The molecular weight excluding hydrogens is 318 g/mol. The van der Waals surface area contributed by atoms with E-state index in [2.05, 4.69) is 15.6 Å². The second-order valence-electron chi connectivity index (χ2n) is 6.33. The second kappa shape index (κ2) is 7.63. The van der Waals surface area contributed by atoms with Crippen LogP contribution in [0, 0.1) is 0 Å². The fourth-order valence-electron chi connectivity index (χ4n) is 2.86. The van der Waals surface area contributed by atoms with Crippen LogP contribution in [0.15, 0.2) is 48.7 Å². The van der Waals surface area contributed by atoms with Gasteiger partial charge >= 0.3 is 0 Å². The van der Waals surface area contributed by atoms with Crippen molar-refractivity contribution in [1.29, 1.82) is 0 Å². The third kappa shape index (κ3) is 4.35. The van der Waals surface area contributed by atoms with Crippen LogP contribution in [0.25, 0.3) is 0 Å². The van der Waals surface area contributed by atoms with Crippen LogP contribution in [-0.2, 0) is 4.74 Å². The zero-order valence-corrected chi connectivity index (χ0v) is 14.2. The highest BCUT2D eigenvalue weighted by Gasteiger charge is 2.35. The van der Waals surface area contributed by atoms with Crippen molar-refractivity contribution < 1.29 is 14.6 Å². The Balaban J connectivity index is 1.59. The average Bonchev–Trinajstić information content (AvgIpc) is 2.64. The maximum atomic E-state index is 12.1. The summed E-state index contributed by atoms with van der Waals surface area (Å²) in [6.07, 6.45) is 2.81. The van der Waals surface area contributed by atoms with Crippen LogP contribution in [0.5, 0.6) is 0 Å². The van der Waals surface area contributed by atoms with Crippen molar-refractivity contribution in [2.75, 3.05) is 23.8 Å². The SMILES string of the molecule is CC(Nc1ccc(NC(=O)c2ccccc2)cn1)C1(O)CCOCC1. The number of nitrogens with zero attached hydrogens (tertiary/aromatic N) is 1. The number of aliphatic hydroxyl groups is 1. The smallest absolute Gasteiger partial charge is 0.255 e. The Morgan fingerprint density at radius 3 is 2.56 bits per heavy atom. The molecule has 1 aromatic heterocycles. The summed E-state index contributed by atoms with van der Waals surface area (Å²) in [6, 6.07) is 12.5. The molecule has 0 radical (unpaired) electrons. The van der Waals surface area contributed by atoms with E-state index in [1.807, 2.05) is 25.1 Å². The molecule has 0 aliphatic carbocycles. The van der Waals surface area contributed by atoms with Crippen molar-refractivity contribution in [3.63, 3.8) is 0 Å². The molecule has 25 heavy (non-hydrogen) atoms. The summed E-state index contributed by atoms with van der Waals surface area (Å²) in [5.41, 5.74) is 0.428. The summed E-state index contributed by atoms with van der Waals surface area (Å²) in [7, 11) is 0. The number of carbonyl (C=O) groups excluding carboxylic acids is 1. The third-order valence-corrected chi connectivity index (χ3v) is 4.59. The van der Waals surface area contributed by atoms with Gasteiger partial charge in [0.05, 0.1) is 23.5 Å². The van der Waals surface area contributed by atoms with Crippen molar-refractivity contribution in [3.05, 3.63) is 54.2 Å². The van der Waals surface area contributed by atoms with E-state index in [1.54, 1.807) is 30.5 Å². The molecule has 1 fully saturated rings. The molecule has 3 N–H and O–H groups in total. The Morgan fingerprint density at radius 2 is 1.92 bits per heavy atom. The van der Waals surface area contributed by atoms with E-state index in [0.717, 1.165) is 0 Å². The van der Waals surface area contributed by atoms with E-state index in [1.165, 1.54) is 0 Å². The van der Waals surface area contributed by atoms with Crippen LogP contribution in [0.1, 0.15) is 30.1 Å². The van der Waals surface area contributed by atoms with Gasteiger partial charge in [-0.05, 0) is 31.2 Å². The van der Waals surface area contributed by atoms with Gasteiger partial charge in [-0.15, -0.1) is 0 Å². The monoisotopic (exact) mass is 341 g/mol. The quantitative estimate of drug-likeness (QED) is 0.779. The van der Waals surface area contributed by atoms with Gasteiger partial charge in [0.1, 0.15) is 5.82 Å². The lowest BCUT2D eigenvalue weighted by Crippen LogP contribution is -2.49. The van der Waals surface area contributed by atoms with E-state index in [-0.39, 0.29) is 11.9 Å². The Bertz CT molecular complexity index is 698. The van der Waals surface area contributed by atoms with Crippen molar-refractivity contribution in [1.82, 2.24) is 4.98 Å². The maximum absolute atomic E-state index is 12.1. The summed E-state index contributed by atoms with van der Waals surface area (Å²) in [5, 5.41) is 16.7. The molecule has 1 aromatic carbocycles. The highest BCUT2D eigenvalue weighted by atomic mass is 16.5. The molecule has 3 rings (SSSR count). The first-order valence-corrected chi connectivity index (χ1v) is 8.46. The number of rotatable bonds is 5. The van der Waals surface area contributed by atoms with Gasteiger partial charge < -0.3 is 20.5 Å². The number of anilines is 2. The number of pyridine rings is 1. The Kier molecular flexibility index (Phi) is 5.31. The molecule has 1 aliphatic heterocycles. The molecule has 2 heterocycles. The van der Waals surface area contributed by atoms with Gasteiger partial charge in [-0.1, -0.05) is 18.2 Å². The highest BCUT2D eigenvalue weighted by molar-refractivity contribution is 6.04. The summed E-state index contributed by atoms with van der Waals surface area (Å²) in [6.45, 7) is 3.08. The van der Waals surface area contributed by atoms with Crippen LogP contribution in [0.4, 0.5) is 11.5 Å². The molecule has 6 heteroatoms. The van der Waals surface area contributed by atoms with E-state index in [4.69, 9.17) is 4.74 Å². The normalized spacial score (nSPS) is 17.5. The Labute approximate surface area is 147 Å². The molecule has 1 atom stereocenters. The molecule has 0 saturated carbocycles. The van der Waals surface area contributed by atoms with E-state index in [0.29, 0.717) is 43.1 Å². The van der Waals surface area contributed by atoms with Crippen LogP contribution in [0.2, 0.25) is 0 Å². The largest absolute Gasteiger partial charge is 0.388 e. The second-order valence-corrected chi connectivity index (χ2v) is 6.33. The molecule has 1 unspecified atom stereocenters. The number of hydrogen-bond acceptors (Lipinski definition) is 5. The summed E-state index contributed by atoms with van der Waals surface area (Å²) >= 11 is 0. The topological polar surface area (TPSA) is 83.5 Å². The van der Waals surface area contributed by atoms with Gasteiger partial charge in [0, 0.05) is 31.6 Å². The van der Waals surface area contributed by atoms with Gasteiger partial charge in [-0.2, -0.15) is 0 Å². The number of amides is 1. The van der Waals surface area contributed by atoms with E-state index >= 15 is 0 Å². The maximum Gasteiger partial charge on any atom is 0.255 e. The molecule has 1 saturated heterocycles. The zero-order chi connectivity index (χ0) is 17.7. The number of benzene rings is 1. The third-order valence-electron chi connectivity index (χ3n) is 4.59. The van der Waals surface area contributed by atoms with Gasteiger partial charge in [-0.25, -0.2) is 4.98 Å². The summed E-state index contributed by atoms with van der Waals surface area (Å²) < 4.78 is 5.31. The lowest BCUT2D eigenvalue weighted by molar-refractivity contribution is -0.0711. The van der Waals surface area contributed by atoms with Crippen LogP contribution in [-0.4, -0.2) is 40.9 Å². The first kappa shape index (κ1) is 17.4. The van der Waals surface area contributed by atoms with Gasteiger partial charge in [0.2, 0.25) is 0 Å². The van der Waals surface area contributed by atoms with Gasteiger partial charge in [-0.3, -0.25) is 4.79 Å². The van der Waals surface area contributed by atoms with E-state index < -0.39 is 5.60 Å². The number of nitrogens with one attached hydrogen (secondary N) is 2. The minimum absolute atomic E-state index is 0.145. The van der Waals surface area contributed by atoms with Gasteiger partial charge in [0.25, 0.3) is 5.91 Å². The highest BCUT2D eigenvalue weighted by Crippen LogP contribution is 2.26. The van der Waals surface area contributed by atoms with Crippen LogP contribution >= 0.6 is 0 Å². The fraction of sp³-hybridized carbons (Fsp3) is 0.368. The first-order valence-electron chi connectivity index (χ1n) is 8.46. The number of hydrogen-bond donors (Lipinski definition) is 3. The Morgan fingerprint density at radius 1 is 1.20 bits per heavy atom.